The summed E-state index contributed by atoms with van der Waals surface area (Å²) in [6.07, 6.45) is 131. The van der Waals surface area contributed by atoms with E-state index in [1.807, 2.05) is 0 Å². The molecule has 0 bridgehead atoms. The zero-order valence-electron chi connectivity index (χ0n) is 82.2. The summed E-state index contributed by atoms with van der Waals surface area (Å²) < 4.78 is 37.1. The molecule has 0 N–H and O–H groups in total. The summed E-state index contributed by atoms with van der Waals surface area (Å²) in [7, 11) is -9.36. The zero-order chi connectivity index (χ0) is 85.6. The van der Waals surface area contributed by atoms with E-state index in [2.05, 4.69) is 41.5 Å². The van der Waals surface area contributed by atoms with Gasteiger partial charge in [0, 0.05) is 22.1 Å². The average molecular weight is 1770 g/mol. The van der Waals surface area contributed by atoms with Crippen LogP contribution in [0.15, 0.2) is 0 Å². The predicted octanol–water partition coefficient (Wildman–Crippen LogP) is 39.4. The van der Waals surface area contributed by atoms with Crippen LogP contribution in [-0.4, -0.2) is 37.0 Å². The molecule has 0 rings (SSSR count). The van der Waals surface area contributed by atoms with Crippen molar-refractivity contribution in [1.29, 1.82) is 0 Å². The molecule has 0 radical (unpaired) electrons. The molecule has 0 aliphatic heterocycles. The van der Waals surface area contributed by atoms with Gasteiger partial charge < -0.3 is 28.4 Å². The van der Waals surface area contributed by atoms with Crippen molar-refractivity contribution in [1.82, 2.24) is 0 Å². The Morgan fingerprint density at radius 1 is 0.110 bits per heavy atom. The Labute approximate surface area is 757 Å². The molecule has 0 aromatic carbocycles. The van der Waals surface area contributed by atoms with Crippen LogP contribution >= 0.6 is 22.1 Å². The Kier molecular flexibility index (Phi) is 117. The number of rotatable bonds is 102. The van der Waals surface area contributed by atoms with Crippen LogP contribution in [0.3, 0.4) is 0 Å². The molecule has 0 amide bonds. The third-order valence-corrected chi connectivity index (χ3v) is 32.1. The van der Waals surface area contributed by atoms with E-state index >= 15 is 0 Å². The molecule has 0 saturated carbocycles. The van der Waals surface area contributed by atoms with E-state index < -0.39 is 22.1 Å². The fraction of sp³-hybridized carbons (Fsp3) is 1.00. The molecular weight excluding hydrogens is 1550 g/mol. The van der Waals surface area contributed by atoms with Crippen molar-refractivity contribution < 1.29 is 45.2 Å². The monoisotopic (exact) mass is 1770 g/mol. The topological polar surface area (TPSA) is 120 Å². The van der Waals surface area contributed by atoms with Gasteiger partial charge in [-0.3, -0.25) is 0 Å². The standard InChI is InChI=1S/3C36H75O2P.Co/c3*1-3-5-7-9-11-13-15-17-19-21-23-25-27-29-31-33-35-39(37,38)36-34-32-30-28-26-24-22-20-18-16-14-12-10-8-6-4-2;/h3*3-36H2,1-2H3,(H,37,38);/q;;;+3/p-3. The summed E-state index contributed by atoms with van der Waals surface area (Å²) in [4.78, 5) is 37.1. The van der Waals surface area contributed by atoms with Crippen molar-refractivity contribution in [2.45, 2.75) is 658 Å². The molecule has 118 heavy (non-hydrogen) atoms. The van der Waals surface area contributed by atoms with Crippen molar-refractivity contribution in [3.8, 4) is 0 Å². The van der Waals surface area contributed by atoms with E-state index in [1.165, 1.54) is 539 Å². The van der Waals surface area contributed by atoms with E-state index in [1.54, 1.807) is 0 Å². The second-order valence-electron chi connectivity index (χ2n) is 38.6. The maximum absolute atomic E-state index is 12.4. The molecule has 0 heterocycles. The Hall–Kier alpha value is 1.08. The predicted molar refractivity (Wildman–Crippen MR) is 529 cm³/mol. The molecule has 0 aromatic rings. The average Bonchev–Trinajstić information content (AvgIpc) is 0.951. The van der Waals surface area contributed by atoms with Gasteiger partial charge in [-0.05, 0) is 75.5 Å². The first kappa shape index (κ1) is 125. The van der Waals surface area contributed by atoms with Crippen molar-refractivity contribution in [2.24, 2.45) is 0 Å². The molecule has 0 aliphatic carbocycles. The van der Waals surface area contributed by atoms with Gasteiger partial charge in [-0.25, -0.2) is 0 Å². The van der Waals surface area contributed by atoms with Crippen LogP contribution in [-0.2, 0) is 30.5 Å². The number of unbranched alkanes of at least 4 members (excludes halogenated alkanes) is 90. The molecule has 0 unspecified atom stereocenters. The number of hydrogen-bond donors (Lipinski definition) is 0. The molecule has 0 fully saturated rings. The SMILES string of the molecule is CCCCCCCCCCCCCCCCCCP(=O)([O-])CCCCCCCCCCCCCCCCCC.CCCCCCCCCCCCCCCCCCP(=O)([O-])CCCCCCCCCCCCCCCCCC.CCCCCCCCCCCCCCCCCCP(=O)([O-])CCCCCCCCCCCCCCCCCC.[Co+3]. The van der Waals surface area contributed by atoms with Gasteiger partial charge in [0.05, 0.1) is 0 Å². The molecule has 0 aromatic heterocycles. The molecule has 6 nitrogen and oxygen atoms in total. The van der Waals surface area contributed by atoms with Gasteiger partial charge in [-0.2, -0.15) is 0 Å². The van der Waals surface area contributed by atoms with Crippen molar-refractivity contribution in [2.75, 3.05) is 37.0 Å². The summed E-state index contributed by atoms with van der Waals surface area (Å²) in [5.41, 5.74) is 0. The van der Waals surface area contributed by atoms with Crippen LogP contribution in [0.25, 0.3) is 0 Å². The van der Waals surface area contributed by atoms with E-state index in [0.717, 1.165) is 77.0 Å². The van der Waals surface area contributed by atoms with Crippen molar-refractivity contribution >= 4 is 22.1 Å². The van der Waals surface area contributed by atoms with Gasteiger partial charge in [0.1, 0.15) is 0 Å². The van der Waals surface area contributed by atoms with Gasteiger partial charge >= 0.3 is 16.8 Å². The Balaban J connectivity index is -0.000000823. The Bertz CT molecular complexity index is 1570. The molecule has 0 spiro atoms. The van der Waals surface area contributed by atoms with Crippen LogP contribution < -0.4 is 14.7 Å². The second-order valence-corrected chi connectivity index (χ2v) is 46.2. The van der Waals surface area contributed by atoms with Gasteiger partial charge in [0.15, 0.2) is 0 Å². The first-order chi connectivity index (χ1) is 57.4. The first-order valence-electron chi connectivity index (χ1n) is 55.2. The van der Waals surface area contributed by atoms with Gasteiger partial charge in [0.25, 0.3) is 0 Å². The minimum absolute atomic E-state index is 0. The fourth-order valence-electron chi connectivity index (χ4n) is 17.7. The first-order valence-corrected chi connectivity index (χ1v) is 61.2. The van der Waals surface area contributed by atoms with Crippen molar-refractivity contribution in [3.05, 3.63) is 0 Å². The molecule has 10 heteroatoms. The van der Waals surface area contributed by atoms with Crippen LogP contribution in [0.2, 0.25) is 0 Å². The molecule has 714 valence electrons. The molecule has 0 atom stereocenters. The van der Waals surface area contributed by atoms with Crippen LogP contribution in [0.4, 0.5) is 0 Å². The van der Waals surface area contributed by atoms with Crippen LogP contribution in [0, 0.1) is 0 Å². The zero-order valence-corrected chi connectivity index (χ0v) is 86.0. The van der Waals surface area contributed by atoms with E-state index in [9.17, 15) is 28.4 Å². The number of hydrogen-bond acceptors (Lipinski definition) is 6. The van der Waals surface area contributed by atoms with Crippen LogP contribution in [0.1, 0.15) is 658 Å². The summed E-state index contributed by atoms with van der Waals surface area (Å²) >= 11 is 0. The quantitative estimate of drug-likeness (QED) is 0.0442. The second kappa shape index (κ2) is 110. The maximum atomic E-state index is 12.4. The van der Waals surface area contributed by atoms with E-state index in [0.29, 0.717) is 37.0 Å². The third-order valence-electron chi connectivity index (χ3n) is 26.1. The minimum atomic E-state index is -3.12. The van der Waals surface area contributed by atoms with Gasteiger partial charge in [0.2, 0.25) is 0 Å². The maximum Gasteiger partial charge on any atom is 3.00 e. The smallest absolute Gasteiger partial charge is 0.799 e. The Morgan fingerprint density at radius 2 is 0.161 bits per heavy atom. The molecular formula is C108H222CoO6P3. The third kappa shape index (κ3) is 119. The molecule has 0 aliphatic rings. The normalized spacial score (nSPS) is 11.9. The molecule has 0 saturated heterocycles. The van der Waals surface area contributed by atoms with Gasteiger partial charge in [-0.15, -0.1) is 0 Å². The van der Waals surface area contributed by atoms with Crippen LogP contribution in [0.5, 0.6) is 0 Å². The fourth-order valence-corrected chi connectivity index (χ4v) is 22.6. The van der Waals surface area contributed by atoms with E-state index in [4.69, 9.17) is 0 Å². The Morgan fingerprint density at radius 3 is 0.220 bits per heavy atom. The largest absolute Gasteiger partial charge is 3.00 e. The van der Waals surface area contributed by atoms with E-state index in [-0.39, 0.29) is 16.8 Å². The summed E-state index contributed by atoms with van der Waals surface area (Å²) in [6.45, 7) is 13.7. The minimum Gasteiger partial charge on any atom is -0.799 e. The summed E-state index contributed by atoms with van der Waals surface area (Å²) in [6, 6.07) is 0. The summed E-state index contributed by atoms with van der Waals surface area (Å²) in [5.74, 6) is 0. The van der Waals surface area contributed by atoms with Crippen molar-refractivity contribution in [3.63, 3.8) is 0 Å². The van der Waals surface area contributed by atoms with Gasteiger partial charge in [-0.1, -0.05) is 619 Å². The summed E-state index contributed by atoms with van der Waals surface area (Å²) in [5, 5.41) is 0.